The van der Waals surface area contributed by atoms with Gasteiger partial charge in [0.2, 0.25) is 0 Å². The average molecular weight is 413 g/mol. The number of piperidine rings is 1. The molecule has 0 aliphatic carbocycles. The van der Waals surface area contributed by atoms with Crippen LogP contribution < -0.4 is 0 Å². The fraction of sp³-hybridized carbons (Fsp3) is 0.300. The van der Waals surface area contributed by atoms with E-state index in [1.165, 1.54) is 18.7 Å². The number of rotatable bonds is 4. The molecule has 4 heterocycles. The van der Waals surface area contributed by atoms with Gasteiger partial charge in [0.1, 0.15) is 17.7 Å². The van der Waals surface area contributed by atoms with Crippen molar-refractivity contribution in [2.75, 3.05) is 13.1 Å². The molecule has 7 nitrogen and oxygen atoms in total. The van der Waals surface area contributed by atoms with Gasteiger partial charge in [-0.3, -0.25) is 14.8 Å². The highest BCUT2D eigenvalue weighted by molar-refractivity contribution is 6.30. The maximum atomic E-state index is 15.3. The Morgan fingerprint density at radius 3 is 2.59 bits per heavy atom. The monoisotopic (exact) mass is 412 g/mol. The molecular formula is C20H18ClFN6O. The van der Waals surface area contributed by atoms with E-state index in [1.54, 1.807) is 35.5 Å². The fourth-order valence-electron chi connectivity index (χ4n) is 3.44. The highest BCUT2D eigenvalue weighted by atomic mass is 35.5. The number of carbonyl (C=O) groups is 1. The summed E-state index contributed by atoms with van der Waals surface area (Å²) in [4.78, 5) is 35.2. The van der Waals surface area contributed by atoms with Crippen LogP contribution in [0.15, 0.2) is 49.3 Å². The summed E-state index contributed by atoms with van der Waals surface area (Å²) >= 11 is 6.02. The first-order valence-corrected chi connectivity index (χ1v) is 9.58. The minimum atomic E-state index is -1.47. The number of halogens is 2. The summed E-state index contributed by atoms with van der Waals surface area (Å²) in [5.74, 6) is -0.189. The van der Waals surface area contributed by atoms with Crippen LogP contribution in [0.3, 0.4) is 0 Å². The third kappa shape index (κ3) is 4.22. The molecule has 0 atom stereocenters. The van der Waals surface area contributed by atoms with E-state index in [-0.39, 0.29) is 30.3 Å². The Morgan fingerprint density at radius 2 is 1.86 bits per heavy atom. The second-order valence-corrected chi connectivity index (χ2v) is 7.27. The van der Waals surface area contributed by atoms with Crippen molar-refractivity contribution in [3.63, 3.8) is 0 Å². The van der Waals surface area contributed by atoms with Crippen LogP contribution in [-0.2, 0) is 6.42 Å². The van der Waals surface area contributed by atoms with Gasteiger partial charge in [0, 0.05) is 44.3 Å². The van der Waals surface area contributed by atoms with Crippen LogP contribution >= 0.6 is 11.6 Å². The highest BCUT2D eigenvalue weighted by Gasteiger charge is 2.37. The van der Waals surface area contributed by atoms with Gasteiger partial charge in [-0.1, -0.05) is 11.6 Å². The SMILES string of the molecule is O=C(c1cccnc1-c1ccncn1)N1CCC(F)(Cc2nccnc2Cl)CC1. The number of hydrogen-bond donors (Lipinski definition) is 0. The van der Waals surface area contributed by atoms with Crippen molar-refractivity contribution in [2.45, 2.75) is 24.9 Å². The molecule has 1 aliphatic heterocycles. The summed E-state index contributed by atoms with van der Waals surface area (Å²) in [6.07, 6.45) is 8.09. The van der Waals surface area contributed by atoms with Crippen LogP contribution in [-0.4, -0.2) is 54.5 Å². The molecule has 1 saturated heterocycles. The molecule has 0 aromatic carbocycles. The minimum Gasteiger partial charge on any atom is -0.338 e. The molecule has 0 N–H and O–H groups in total. The maximum absolute atomic E-state index is 15.3. The number of pyridine rings is 1. The molecule has 3 aromatic heterocycles. The van der Waals surface area contributed by atoms with Crippen LogP contribution in [0.5, 0.6) is 0 Å². The summed E-state index contributed by atoms with van der Waals surface area (Å²) in [6, 6.07) is 5.12. The van der Waals surface area contributed by atoms with Gasteiger partial charge in [0.05, 0.1) is 17.0 Å². The highest BCUT2D eigenvalue weighted by Crippen LogP contribution is 2.32. The summed E-state index contributed by atoms with van der Waals surface area (Å²) in [5, 5.41) is 0.216. The standard InChI is InChI=1S/C20H18ClFN6O/c21-18-16(24-8-9-26-18)12-20(22)4-10-28(11-5-20)19(29)14-2-1-6-25-17(14)15-3-7-23-13-27-15/h1-3,6-9,13H,4-5,10-12H2. The number of hydrogen-bond acceptors (Lipinski definition) is 6. The Balaban J connectivity index is 1.48. The average Bonchev–Trinajstić information content (AvgIpc) is 2.76. The quantitative estimate of drug-likeness (QED) is 0.654. The van der Waals surface area contributed by atoms with Crippen LogP contribution in [0.25, 0.3) is 11.4 Å². The van der Waals surface area contributed by atoms with E-state index in [0.29, 0.717) is 35.7 Å². The molecule has 1 fully saturated rings. The lowest BCUT2D eigenvalue weighted by molar-refractivity contribution is 0.0433. The van der Waals surface area contributed by atoms with Crippen LogP contribution in [0.1, 0.15) is 28.9 Å². The van der Waals surface area contributed by atoms with E-state index in [4.69, 9.17) is 11.6 Å². The third-order valence-electron chi connectivity index (χ3n) is 5.02. The lowest BCUT2D eigenvalue weighted by Crippen LogP contribution is -2.45. The molecule has 1 aliphatic rings. The number of nitrogens with zero attached hydrogens (tertiary/aromatic N) is 6. The Labute approximate surface area is 172 Å². The van der Waals surface area contributed by atoms with Gasteiger partial charge in [-0.15, -0.1) is 0 Å². The first-order valence-electron chi connectivity index (χ1n) is 9.21. The minimum absolute atomic E-state index is 0.0841. The van der Waals surface area contributed by atoms with Gasteiger partial charge in [-0.25, -0.2) is 19.3 Å². The van der Waals surface area contributed by atoms with Crippen LogP contribution in [0.2, 0.25) is 5.15 Å². The Morgan fingerprint density at radius 1 is 1.07 bits per heavy atom. The molecule has 9 heteroatoms. The molecule has 3 aromatic rings. The topological polar surface area (TPSA) is 84.8 Å². The van der Waals surface area contributed by atoms with Gasteiger partial charge < -0.3 is 4.90 Å². The van der Waals surface area contributed by atoms with Gasteiger partial charge in [-0.2, -0.15) is 0 Å². The smallest absolute Gasteiger partial charge is 0.256 e. The van der Waals surface area contributed by atoms with Crippen molar-refractivity contribution in [1.29, 1.82) is 0 Å². The van der Waals surface area contributed by atoms with Gasteiger partial charge in [0.15, 0.2) is 5.15 Å². The summed E-state index contributed by atoms with van der Waals surface area (Å²) < 4.78 is 15.3. The number of alkyl halides is 1. The van der Waals surface area contributed by atoms with E-state index < -0.39 is 5.67 Å². The lowest BCUT2D eigenvalue weighted by atomic mass is 9.88. The molecule has 148 valence electrons. The number of amides is 1. The number of likely N-dealkylation sites (tertiary alicyclic amines) is 1. The summed E-state index contributed by atoms with van der Waals surface area (Å²) in [7, 11) is 0. The van der Waals surface area contributed by atoms with Crippen molar-refractivity contribution >= 4 is 17.5 Å². The number of aromatic nitrogens is 5. The van der Waals surface area contributed by atoms with E-state index in [1.807, 2.05) is 0 Å². The molecule has 0 saturated carbocycles. The van der Waals surface area contributed by atoms with Crippen molar-refractivity contribution in [2.24, 2.45) is 0 Å². The maximum Gasteiger partial charge on any atom is 0.256 e. The Bertz CT molecular complexity index is 1010. The van der Waals surface area contributed by atoms with E-state index >= 15 is 4.39 Å². The van der Waals surface area contributed by atoms with Gasteiger partial charge >= 0.3 is 0 Å². The van der Waals surface area contributed by atoms with Crippen molar-refractivity contribution in [1.82, 2.24) is 29.8 Å². The second-order valence-electron chi connectivity index (χ2n) is 6.91. The second kappa shape index (κ2) is 8.16. The fourth-order valence-corrected chi connectivity index (χ4v) is 3.61. The largest absolute Gasteiger partial charge is 0.338 e. The van der Waals surface area contributed by atoms with Crippen molar-refractivity contribution in [3.8, 4) is 11.4 Å². The normalized spacial score (nSPS) is 15.9. The molecule has 4 rings (SSSR count). The zero-order chi connectivity index (χ0) is 20.3. The molecule has 1 amide bonds. The Kier molecular flexibility index (Phi) is 5.44. The first-order chi connectivity index (χ1) is 14.1. The molecule has 29 heavy (non-hydrogen) atoms. The zero-order valence-electron chi connectivity index (χ0n) is 15.5. The van der Waals surface area contributed by atoms with Gasteiger partial charge in [0.25, 0.3) is 5.91 Å². The summed E-state index contributed by atoms with van der Waals surface area (Å²) in [5.41, 5.74) is 0.464. The third-order valence-corrected chi connectivity index (χ3v) is 5.33. The van der Waals surface area contributed by atoms with Crippen LogP contribution in [0, 0.1) is 0 Å². The van der Waals surface area contributed by atoms with E-state index in [9.17, 15) is 4.79 Å². The van der Waals surface area contributed by atoms with Crippen LogP contribution in [0.4, 0.5) is 4.39 Å². The first kappa shape index (κ1) is 19.3. The zero-order valence-corrected chi connectivity index (χ0v) is 16.3. The predicted octanol–water partition coefficient (Wildman–Crippen LogP) is 3.17. The lowest BCUT2D eigenvalue weighted by Gasteiger charge is -2.36. The van der Waals surface area contributed by atoms with Gasteiger partial charge in [-0.05, 0) is 31.0 Å². The Hall–Kier alpha value is -3.00. The summed E-state index contributed by atoms with van der Waals surface area (Å²) in [6.45, 7) is 0.594. The van der Waals surface area contributed by atoms with Crippen molar-refractivity contribution in [3.05, 3.63) is 65.7 Å². The predicted molar refractivity (Wildman–Crippen MR) is 105 cm³/mol. The molecule has 0 unspecified atom stereocenters. The molecule has 0 spiro atoms. The van der Waals surface area contributed by atoms with E-state index in [0.717, 1.165) is 0 Å². The molecule has 0 bridgehead atoms. The molecular weight excluding hydrogens is 395 g/mol. The molecule has 0 radical (unpaired) electrons. The van der Waals surface area contributed by atoms with E-state index in [2.05, 4.69) is 24.9 Å². The van der Waals surface area contributed by atoms with Crippen molar-refractivity contribution < 1.29 is 9.18 Å². The number of carbonyl (C=O) groups excluding carboxylic acids is 1.